The second-order valence-electron chi connectivity index (χ2n) is 3.36. The number of ether oxygens (including phenoxy) is 1. The molecule has 0 unspecified atom stereocenters. The van der Waals surface area contributed by atoms with Crippen LogP contribution in [-0.2, 0) is 0 Å². The molecular weight excluding hydrogens is 240 g/mol. The van der Waals surface area contributed by atoms with Gasteiger partial charge in [0.25, 0.3) is 0 Å². The molecule has 17 heavy (non-hydrogen) atoms. The fourth-order valence-corrected chi connectivity index (χ4v) is 1.54. The lowest BCUT2D eigenvalue weighted by Crippen LogP contribution is -1.92. The predicted octanol–water partition coefficient (Wildman–Crippen LogP) is 2.57. The Morgan fingerprint density at radius 2 is 2.00 bits per heavy atom. The van der Waals surface area contributed by atoms with Crippen LogP contribution in [0.25, 0.3) is 5.52 Å². The first kappa shape index (κ1) is 10.0. The maximum Gasteiger partial charge on any atom is 0.239 e. The van der Waals surface area contributed by atoms with Gasteiger partial charge in [-0.05, 0) is 24.3 Å². The molecular formula is C11H7ClN4O. The fourth-order valence-electron chi connectivity index (χ4n) is 1.43. The minimum atomic E-state index is 0.333. The van der Waals surface area contributed by atoms with Crippen LogP contribution < -0.4 is 4.74 Å². The van der Waals surface area contributed by atoms with Gasteiger partial charge in [-0.3, -0.25) is 0 Å². The Hall–Kier alpha value is -2.14. The van der Waals surface area contributed by atoms with Crippen molar-refractivity contribution in [1.82, 2.24) is 19.8 Å². The third-order valence-corrected chi connectivity index (χ3v) is 2.40. The summed E-state index contributed by atoms with van der Waals surface area (Å²) < 4.78 is 7.24. The highest BCUT2D eigenvalue weighted by Crippen LogP contribution is 2.19. The zero-order valence-electron chi connectivity index (χ0n) is 8.62. The summed E-state index contributed by atoms with van der Waals surface area (Å²) in [7, 11) is 0. The highest BCUT2D eigenvalue weighted by molar-refractivity contribution is 6.29. The molecule has 3 heterocycles. The van der Waals surface area contributed by atoms with Crippen molar-refractivity contribution in [3.05, 3.63) is 47.9 Å². The van der Waals surface area contributed by atoms with Crippen LogP contribution in [0.1, 0.15) is 0 Å². The average molecular weight is 247 g/mol. The van der Waals surface area contributed by atoms with Gasteiger partial charge in [0, 0.05) is 12.3 Å². The zero-order valence-corrected chi connectivity index (χ0v) is 9.37. The van der Waals surface area contributed by atoms with E-state index in [1.54, 1.807) is 29.0 Å². The number of halogens is 1. The average Bonchev–Trinajstić information content (AvgIpc) is 2.79. The van der Waals surface area contributed by atoms with Crippen LogP contribution in [-0.4, -0.2) is 19.8 Å². The molecule has 0 bridgehead atoms. The Bertz CT molecular complexity index is 650. The van der Waals surface area contributed by atoms with E-state index in [1.807, 2.05) is 18.2 Å². The lowest BCUT2D eigenvalue weighted by Gasteiger charge is -2.03. The van der Waals surface area contributed by atoms with Gasteiger partial charge in [-0.15, -0.1) is 10.2 Å². The molecule has 0 aliphatic carbocycles. The van der Waals surface area contributed by atoms with Crippen molar-refractivity contribution in [3.8, 4) is 11.6 Å². The number of fused-ring (bicyclic) bond motifs is 1. The minimum Gasteiger partial charge on any atom is -0.436 e. The summed E-state index contributed by atoms with van der Waals surface area (Å²) in [6.45, 7) is 0. The molecule has 0 amide bonds. The van der Waals surface area contributed by atoms with Crippen LogP contribution in [0.2, 0.25) is 5.15 Å². The Morgan fingerprint density at radius 1 is 1.06 bits per heavy atom. The molecule has 0 N–H and O–H groups in total. The molecule has 0 aromatic carbocycles. The van der Waals surface area contributed by atoms with Gasteiger partial charge in [-0.1, -0.05) is 11.6 Å². The lowest BCUT2D eigenvalue weighted by molar-refractivity contribution is 0.452. The summed E-state index contributed by atoms with van der Waals surface area (Å²) in [5.41, 5.74) is 1.000. The van der Waals surface area contributed by atoms with E-state index in [9.17, 15) is 0 Å². The monoisotopic (exact) mass is 246 g/mol. The van der Waals surface area contributed by atoms with Gasteiger partial charge in [0.2, 0.25) is 5.88 Å². The smallest absolute Gasteiger partial charge is 0.239 e. The highest BCUT2D eigenvalue weighted by Gasteiger charge is 2.01. The Labute approximate surface area is 102 Å². The molecule has 0 atom stereocenters. The third kappa shape index (κ3) is 2.05. The molecule has 3 aromatic heterocycles. The summed E-state index contributed by atoms with van der Waals surface area (Å²) >= 11 is 5.63. The van der Waals surface area contributed by atoms with Crippen molar-refractivity contribution in [2.24, 2.45) is 0 Å². The van der Waals surface area contributed by atoms with Crippen LogP contribution in [0.4, 0.5) is 0 Å². The molecule has 6 heteroatoms. The van der Waals surface area contributed by atoms with Gasteiger partial charge in [-0.25, -0.2) is 4.52 Å². The first-order chi connectivity index (χ1) is 8.31. The summed E-state index contributed by atoms with van der Waals surface area (Å²) in [5.74, 6) is 1.03. The van der Waals surface area contributed by atoms with Crippen molar-refractivity contribution < 1.29 is 4.74 Å². The maximum atomic E-state index is 5.63. The fraction of sp³-hybridized carbons (Fsp3) is 0. The van der Waals surface area contributed by atoms with Crippen molar-refractivity contribution in [3.63, 3.8) is 0 Å². The van der Waals surface area contributed by atoms with Crippen LogP contribution in [0, 0.1) is 0 Å². The molecule has 0 saturated heterocycles. The van der Waals surface area contributed by atoms with Crippen molar-refractivity contribution in [1.29, 1.82) is 0 Å². The van der Waals surface area contributed by atoms with E-state index in [1.165, 1.54) is 0 Å². The Morgan fingerprint density at radius 3 is 2.82 bits per heavy atom. The number of aromatic nitrogens is 4. The molecule has 5 nitrogen and oxygen atoms in total. The SMILES string of the molecule is Clc1ccc(Oc2ccc3ccnn3c2)nn1. The molecule has 0 aliphatic rings. The van der Waals surface area contributed by atoms with Gasteiger partial charge in [-0.2, -0.15) is 5.10 Å². The van der Waals surface area contributed by atoms with Crippen molar-refractivity contribution >= 4 is 17.1 Å². The number of hydrogen-bond acceptors (Lipinski definition) is 4. The van der Waals surface area contributed by atoms with Crippen LogP contribution in [0.3, 0.4) is 0 Å². The van der Waals surface area contributed by atoms with Crippen LogP contribution in [0.15, 0.2) is 42.7 Å². The van der Waals surface area contributed by atoms with Crippen molar-refractivity contribution in [2.45, 2.75) is 0 Å². The van der Waals surface area contributed by atoms with Crippen LogP contribution >= 0.6 is 11.6 Å². The van der Waals surface area contributed by atoms with E-state index in [0.29, 0.717) is 16.8 Å². The van der Waals surface area contributed by atoms with Gasteiger partial charge in [0.15, 0.2) is 5.15 Å². The lowest BCUT2D eigenvalue weighted by atomic mass is 10.4. The summed E-state index contributed by atoms with van der Waals surface area (Å²) in [5, 5.41) is 12.0. The summed E-state index contributed by atoms with van der Waals surface area (Å²) in [6, 6.07) is 8.93. The van der Waals surface area contributed by atoms with E-state index >= 15 is 0 Å². The Balaban J connectivity index is 1.91. The molecule has 0 radical (unpaired) electrons. The van der Waals surface area contributed by atoms with Gasteiger partial charge in [0.1, 0.15) is 5.75 Å². The quantitative estimate of drug-likeness (QED) is 0.697. The Kier molecular flexibility index (Phi) is 2.38. The highest BCUT2D eigenvalue weighted by atomic mass is 35.5. The topological polar surface area (TPSA) is 52.3 Å². The second kappa shape index (κ2) is 4.03. The number of pyridine rings is 1. The molecule has 0 aliphatic heterocycles. The molecule has 0 fully saturated rings. The number of rotatable bonds is 2. The van der Waals surface area contributed by atoms with E-state index < -0.39 is 0 Å². The van der Waals surface area contributed by atoms with Gasteiger partial charge < -0.3 is 4.74 Å². The standard InChI is InChI=1S/C11H7ClN4O/c12-10-3-4-11(15-14-10)17-9-2-1-8-5-6-13-16(8)7-9/h1-7H. The van der Waals surface area contributed by atoms with E-state index in [0.717, 1.165) is 5.52 Å². The minimum absolute atomic E-state index is 0.333. The third-order valence-electron chi connectivity index (χ3n) is 2.20. The number of nitrogens with zero attached hydrogens (tertiary/aromatic N) is 4. The summed E-state index contributed by atoms with van der Waals surface area (Å²) in [6.07, 6.45) is 3.49. The maximum absolute atomic E-state index is 5.63. The van der Waals surface area contributed by atoms with E-state index in [-0.39, 0.29) is 0 Å². The normalized spacial score (nSPS) is 10.6. The molecule has 84 valence electrons. The van der Waals surface area contributed by atoms with Crippen molar-refractivity contribution in [2.75, 3.05) is 0 Å². The van der Waals surface area contributed by atoms with Crippen LogP contribution in [0.5, 0.6) is 11.6 Å². The molecule has 3 rings (SSSR count). The number of hydrogen-bond donors (Lipinski definition) is 0. The second-order valence-corrected chi connectivity index (χ2v) is 3.75. The van der Waals surface area contributed by atoms with Gasteiger partial charge in [0.05, 0.1) is 11.7 Å². The molecule has 3 aromatic rings. The zero-order chi connectivity index (χ0) is 11.7. The largest absolute Gasteiger partial charge is 0.436 e. The van der Waals surface area contributed by atoms with E-state index in [2.05, 4.69) is 15.3 Å². The predicted molar refractivity (Wildman–Crippen MR) is 62.3 cm³/mol. The van der Waals surface area contributed by atoms with E-state index in [4.69, 9.17) is 16.3 Å². The molecule has 0 saturated carbocycles. The summed E-state index contributed by atoms with van der Waals surface area (Å²) in [4.78, 5) is 0. The first-order valence-electron chi connectivity index (χ1n) is 4.92. The molecule has 0 spiro atoms. The first-order valence-corrected chi connectivity index (χ1v) is 5.29. The van der Waals surface area contributed by atoms with Gasteiger partial charge >= 0.3 is 0 Å².